The van der Waals surface area contributed by atoms with Crippen LogP contribution >= 0.6 is 0 Å². The fourth-order valence-corrected chi connectivity index (χ4v) is 3.80. The predicted molar refractivity (Wildman–Crippen MR) is 114 cm³/mol. The number of amides is 1. The molecule has 146 valence electrons. The molecule has 0 bridgehead atoms. The summed E-state index contributed by atoms with van der Waals surface area (Å²) in [5, 5.41) is 0. The summed E-state index contributed by atoms with van der Waals surface area (Å²) in [6, 6.07) is 14.3. The van der Waals surface area contributed by atoms with Crippen molar-refractivity contribution in [2.75, 3.05) is 0 Å². The molecular formula is C24H29N3O. The highest BCUT2D eigenvalue weighted by Crippen LogP contribution is 2.34. The van der Waals surface area contributed by atoms with Gasteiger partial charge in [0.1, 0.15) is 0 Å². The van der Waals surface area contributed by atoms with Gasteiger partial charge < -0.3 is 10.3 Å². The monoisotopic (exact) mass is 375 g/mol. The van der Waals surface area contributed by atoms with Gasteiger partial charge in [-0.1, -0.05) is 55.7 Å². The normalized spacial score (nSPS) is 11.0. The molecule has 1 amide bonds. The molecule has 0 saturated carbocycles. The SMILES string of the molecule is CCCCCc1c(-c2ccc(C)cc2)c(C(N)=O)c(C)n1Cc1ccccn1. The molecule has 4 nitrogen and oxygen atoms in total. The average molecular weight is 376 g/mol. The van der Waals surface area contributed by atoms with E-state index in [0.717, 1.165) is 48.2 Å². The Kier molecular flexibility index (Phi) is 6.30. The standard InChI is InChI=1S/C24H29N3O/c1-4-5-6-10-21-23(19-13-11-17(2)12-14-19)22(24(25)28)18(3)27(21)16-20-9-7-8-15-26-20/h7-9,11-15H,4-6,10,16H2,1-3H3,(H2,25,28). The Hall–Kier alpha value is -2.88. The van der Waals surface area contributed by atoms with Crippen molar-refractivity contribution in [1.29, 1.82) is 0 Å². The van der Waals surface area contributed by atoms with Gasteiger partial charge in [0.05, 0.1) is 17.8 Å². The number of aromatic nitrogens is 2. The fourth-order valence-electron chi connectivity index (χ4n) is 3.80. The molecule has 0 atom stereocenters. The van der Waals surface area contributed by atoms with Gasteiger partial charge in [0.2, 0.25) is 0 Å². The summed E-state index contributed by atoms with van der Waals surface area (Å²) in [6.45, 7) is 6.90. The van der Waals surface area contributed by atoms with Crippen LogP contribution in [-0.2, 0) is 13.0 Å². The Balaban J connectivity index is 2.18. The molecule has 0 aliphatic carbocycles. The summed E-state index contributed by atoms with van der Waals surface area (Å²) in [4.78, 5) is 16.9. The summed E-state index contributed by atoms with van der Waals surface area (Å²) in [5.74, 6) is -0.371. The molecule has 4 heteroatoms. The van der Waals surface area contributed by atoms with E-state index in [4.69, 9.17) is 5.73 Å². The van der Waals surface area contributed by atoms with Gasteiger partial charge in [-0.05, 0) is 44.4 Å². The van der Waals surface area contributed by atoms with Crippen LogP contribution in [0.4, 0.5) is 0 Å². The van der Waals surface area contributed by atoms with Crippen molar-refractivity contribution < 1.29 is 4.79 Å². The van der Waals surface area contributed by atoms with Gasteiger partial charge in [-0.15, -0.1) is 0 Å². The lowest BCUT2D eigenvalue weighted by Gasteiger charge is -2.13. The van der Waals surface area contributed by atoms with Crippen LogP contribution in [0.1, 0.15) is 59.2 Å². The van der Waals surface area contributed by atoms with Crippen molar-refractivity contribution in [1.82, 2.24) is 9.55 Å². The topological polar surface area (TPSA) is 60.9 Å². The summed E-state index contributed by atoms with van der Waals surface area (Å²) in [5.41, 5.74) is 12.8. The van der Waals surface area contributed by atoms with Gasteiger partial charge >= 0.3 is 0 Å². The van der Waals surface area contributed by atoms with E-state index in [9.17, 15) is 4.79 Å². The molecule has 2 aromatic heterocycles. The molecule has 0 aliphatic heterocycles. The molecule has 0 saturated heterocycles. The zero-order chi connectivity index (χ0) is 20.1. The predicted octanol–water partition coefficient (Wildman–Crippen LogP) is 5.05. The number of carbonyl (C=O) groups excluding carboxylic acids is 1. The molecule has 0 fully saturated rings. The second-order valence-electron chi connectivity index (χ2n) is 7.38. The molecule has 2 N–H and O–H groups in total. The van der Waals surface area contributed by atoms with Crippen LogP contribution in [0.5, 0.6) is 0 Å². The van der Waals surface area contributed by atoms with Gasteiger partial charge in [0.15, 0.2) is 0 Å². The molecule has 0 aliphatic rings. The van der Waals surface area contributed by atoms with Gasteiger partial charge in [0.25, 0.3) is 5.91 Å². The Bertz CT molecular complexity index is 940. The molecule has 1 aromatic carbocycles. The maximum atomic E-state index is 12.4. The molecule has 28 heavy (non-hydrogen) atoms. The van der Waals surface area contributed by atoms with Gasteiger partial charge in [-0.3, -0.25) is 9.78 Å². The first-order valence-corrected chi connectivity index (χ1v) is 10.0. The van der Waals surface area contributed by atoms with Gasteiger partial charge in [0, 0.05) is 23.1 Å². The van der Waals surface area contributed by atoms with Crippen molar-refractivity contribution in [3.63, 3.8) is 0 Å². The second kappa shape index (κ2) is 8.87. The van der Waals surface area contributed by atoms with Crippen molar-refractivity contribution in [2.45, 2.75) is 53.0 Å². The van der Waals surface area contributed by atoms with E-state index in [1.807, 2.05) is 25.1 Å². The lowest BCUT2D eigenvalue weighted by molar-refractivity contribution is 0.1000. The first-order valence-electron chi connectivity index (χ1n) is 10.0. The number of primary amides is 1. The summed E-state index contributed by atoms with van der Waals surface area (Å²) >= 11 is 0. The maximum absolute atomic E-state index is 12.4. The van der Waals surface area contributed by atoms with E-state index in [2.05, 4.69) is 47.7 Å². The third-order valence-electron chi connectivity index (χ3n) is 5.28. The van der Waals surface area contributed by atoms with Crippen molar-refractivity contribution in [2.24, 2.45) is 5.73 Å². The fraction of sp³-hybridized carbons (Fsp3) is 0.333. The smallest absolute Gasteiger partial charge is 0.251 e. The van der Waals surface area contributed by atoms with E-state index < -0.39 is 0 Å². The van der Waals surface area contributed by atoms with Crippen LogP contribution in [0.2, 0.25) is 0 Å². The van der Waals surface area contributed by atoms with Crippen molar-refractivity contribution in [3.05, 3.63) is 76.9 Å². The Morgan fingerprint density at radius 2 is 1.82 bits per heavy atom. The lowest BCUT2D eigenvalue weighted by atomic mass is 9.96. The van der Waals surface area contributed by atoms with E-state index in [1.54, 1.807) is 6.20 Å². The number of nitrogens with two attached hydrogens (primary N) is 1. The van der Waals surface area contributed by atoms with Crippen molar-refractivity contribution >= 4 is 5.91 Å². The largest absolute Gasteiger partial charge is 0.366 e. The lowest BCUT2D eigenvalue weighted by Crippen LogP contribution is -2.14. The highest BCUT2D eigenvalue weighted by Gasteiger charge is 2.24. The second-order valence-corrected chi connectivity index (χ2v) is 7.38. The number of aryl methyl sites for hydroxylation is 1. The van der Waals surface area contributed by atoms with E-state index in [0.29, 0.717) is 12.1 Å². The van der Waals surface area contributed by atoms with Gasteiger partial charge in [-0.25, -0.2) is 0 Å². The van der Waals surface area contributed by atoms with E-state index in [1.165, 1.54) is 11.3 Å². The van der Waals surface area contributed by atoms with Crippen LogP contribution in [0, 0.1) is 13.8 Å². The third kappa shape index (κ3) is 4.16. The first-order chi connectivity index (χ1) is 13.5. The molecule has 3 aromatic rings. The molecule has 0 spiro atoms. The minimum atomic E-state index is -0.371. The number of pyridine rings is 1. The first kappa shape index (κ1) is 19.9. The number of nitrogens with zero attached hydrogens (tertiary/aromatic N) is 2. The van der Waals surface area contributed by atoms with Crippen LogP contribution in [-0.4, -0.2) is 15.5 Å². The zero-order valence-corrected chi connectivity index (χ0v) is 17.0. The highest BCUT2D eigenvalue weighted by atomic mass is 16.1. The number of benzene rings is 1. The van der Waals surface area contributed by atoms with E-state index in [-0.39, 0.29) is 5.91 Å². The highest BCUT2D eigenvalue weighted by molar-refractivity contribution is 6.02. The maximum Gasteiger partial charge on any atom is 0.251 e. The molecular weight excluding hydrogens is 346 g/mol. The molecule has 3 rings (SSSR count). The summed E-state index contributed by atoms with van der Waals surface area (Å²) < 4.78 is 2.23. The Morgan fingerprint density at radius 3 is 2.43 bits per heavy atom. The number of unbranched alkanes of at least 4 members (excludes halogenated alkanes) is 2. The average Bonchev–Trinajstić information content (AvgIpc) is 2.96. The number of carbonyl (C=O) groups is 1. The zero-order valence-electron chi connectivity index (χ0n) is 17.0. The van der Waals surface area contributed by atoms with Gasteiger partial charge in [-0.2, -0.15) is 0 Å². The summed E-state index contributed by atoms with van der Waals surface area (Å²) in [6.07, 6.45) is 6.12. The molecule has 0 unspecified atom stereocenters. The minimum absolute atomic E-state index is 0.371. The number of hydrogen-bond acceptors (Lipinski definition) is 2. The number of rotatable bonds is 8. The van der Waals surface area contributed by atoms with E-state index >= 15 is 0 Å². The van der Waals surface area contributed by atoms with Crippen LogP contribution in [0.25, 0.3) is 11.1 Å². The number of hydrogen-bond donors (Lipinski definition) is 1. The van der Waals surface area contributed by atoms with Crippen molar-refractivity contribution in [3.8, 4) is 11.1 Å². The van der Waals surface area contributed by atoms with Crippen LogP contribution in [0.15, 0.2) is 48.7 Å². The Morgan fingerprint density at radius 1 is 1.07 bits per heavy atom. The summed E-state index contributed by atoms with van der Waals surface area (Å²) in [7, 11) is 0. The molecule has 2 heterocycles. The third-order valence-corrected chi connectivity index (χ3v) is 5.28. The molecule has 0 radical (unpaired) electrons. The minimum Gasteiger partial charge on any atom is -0.366 e. The quantitative estimate of drug-likeness (QED) is 0.560. The Labute approximate surface area is 167 Å². The van der Waals surface area contributed by atoms with Crippen LogP contribution < -0.4 is 5.73 Å². The van der Waals surface area contributed by atoms with Crippen LogP contribution in [0.3, 0.4) is 0 Å².